The van der Waals surface area contributed by atoms with E-state index in [9.17, 15) is 9.59 Å². The monoisotopic (exact) mass is 425 g/mol. The lowest BCUT2D eigenvalue weighted by Gasteiger charge is -2.17. The maximum Gasteiger partial charge on any atom is 0.338 e. The number of nitrogens with zero attached hydrogens (tertiary/aromatic N) is 1. The molecular weight excluding hydrogens is 402 g/mol. The fourth-order valence-corrected chi connectivity index (χ4v) is 3.10. The Hall–Kier alpha value is -3.12. The summed E-state index contributed by atoms with van der Waals surface area (Å²) in [5.74, 6) is -0.208. The molecule has 7 heteroatoms. The molecule has 6 nitrogen and oxygen atoms in total. The Morgan fingerprint density at radius 1 is 1.13 bits per heavy atom. The van der Waals surface area contributed by atoms with Crippen LogP contribution in [-0.2, 0) is 9.53 Å². The van der Waals surface area contributed by atoms with Gasteiger partial charge in [-0.15, -0.1) is 0 Å². The van der Waals surface area contributed by atoms with Gasteiger partial charge in [-0.2, -0.15) is 0 Å². The minimum Gasteiger partial charge on any atom is -0.449 e. The molecular formula is C23H24ClN3O3. The van der Waals surface area contributed by atoms with E-state index in [0.29, 0.717) is 22.7 Å². The van der Waals surface area contributed by atoms with Gasteiger partial charge in [0, 0.05) is 22.0 Å². The van der Waals surface area contributed by atoms with E-state index in [0.717, 1.165) is 28.3 Å². The van der Waals surface area contributed by atoms with E-state index in [1.54, 1.807) is 49.4 Å². The molecule has 3 aromatic rings. The number of amides is 1. The summed E-state index contributed by atoms with van der Waals surface area (Å²) in [7, 11) is 0. The third-order valence-electron chi connectivity index (χ3n) is 4.96. The van der Waals surface area contributed by atoms with Gasteiger partial charge >= 0.3 is 5.97 Å². The van der Waals surface area contributed by atoms with E-state index < -0.39 is 18.0 Å². The van der Waals surface area contributed by atoms with Gasteiger partial charge in [0.25, 0.3) is 5.91 Å². The lowest BCUT2D eigenvalue weighted by molar-refractivity contribution is -0.124. The van der Waals surface area contributed by atoms with Gasteiger partial charge in [-0.3, -0.25) is 4.79 Å². The van der Waals surface area contributed by atoms with E-state index in [1.807, 2.05) is 20.8 Å². The number of nitrogens with one attached hydrogen (secondary N) is 2. The third kappa shape index (κ3) is 4.71. The van der Waals surface area contributed by atoms with Crippen LogP contribution in [0.3, 0.4) is 0 Å². The van der Waals surface area contributed by atoms with Crippen molar-refractivity contribution in [1.82, 2.24) is 9.97 Å². The van der Waals surface area contributed by atoms with Gasteiger partial charge < -0.3 is 15.0 Å². The summed E-state index contributed by atoms with van der Waals surface area (Å²) in [4.78, 5) is 32.8. The average molecular weight is 426 g/mol. The predicted molar refractivity (Wildman–Crippen MR) is 118 cm³/mol. The Balaban J connectivity index is 1.68. The number of aromatic amines is 1. The average Bonchev–Trinajstić information content (AvgIpc) is 3.08. The minimum atomic E-state index is -0.911. The third-order valence-corrected chi connectivity index (χ3v) is 5.37. The standard InChI is InChI=1S/C23H24ClN3O3/c1-5-20(22(28)27-19-8-6-7-18(24)13(19)2)30-23(29)17-11-9-16(10-12-17)21-25-14(3)15(4)26-21/h6-12,20H,5H2,1-4H3,(H,25,26)(H,27,28). The highest BCUT2D eigenvalue weighted by atomic mass is 35.5. The molecule has 0 spiro atoms. The predicted octanol–water partition coefficient (Wildman–Crippen LogP) is 5.23. The normalized spacial score (nSPS) is 11.8. The molecule has 0 aliphatic rings. The second kappa shape index (κ2) is 9.13. The molecule has 2 N–H and O–H groups in total. The molecule has 1 aromatic heterocycles. The van der Waals surface area contributed by atoms with Crippen molar-refractivity contribution < 1.29 is 14.3 Å². The Kier molecular flexibility index (Phi) is 6.57. The number of esters is 1. The van der Waals surface area contributed by atoms with E-state index in [1.165, 1.54) is 0 Å². The fraction of sp³-hybridized carbons (Fsp3) is 0.261. The molecule has 1 amide bonds. The number of benzene rings is 2. The number of hydrogen-bond acceptors (Lipinski definition) is 4. The smallest absolute Gasteiger partial charge is 0.338 e. The summed E-state index contributed by atoms with van der Waals surface area (Å²) in [6.45, 7) is 7.49. The van der Waals surface area contributed by atoms with Crippen molar-refractivity contribution in [2.24, 2.45) is 0 Å². The zero-order chi connectivity index (χ0) is 21.8. The number of anilines is 1. The Morgan fingerprint density at radius 2 is 1.83 bits per heavy atom. The van der Waals surface area contributed by atoms with Crippen LogP contribution < -0.4 is 5.32 Å². The van der Waals surface area contributed by atoms with Crippen molar-refractivity contribution in [1.29, 1.82) is 0 Å². The van der Waals surface area contributed by atoms with E-state index in [4.69, 9.17) is 16.3 Å². The van der Waals surface area contributed by atoms with Crippen LogP contribution in [0.25, 0.3) is 11.4 Å². The van der Waals surface area contributed by atoms with Crippen molar-refractivity contribution in [3.05, 3.63) is 70.0 Å². The summed E-state index contributed by atoms with van der Waals surface area (Å²) in [5, 5.41) is 3.34. The lowest BCUT2D eigenvalue weighted by atomic mass is 10.1. The molecule has 3 rings (SSSR count). The second-order valence-electron chi connectivity index (χ2n) is 7.08. The largest absolute Gasteiger partial charge is 0.449 e. The zero-order valence-electron chi connectivity index (χ0n) is 17.4. The zero-order valence-corrected chi connectivity index (χ0v) is 18.1. The summed E-state index contributed by atoms with van der Waals surface area (Å²) < 4.78 is 5.45. The number of halogens is 1. The van der Waals surface area contributed by atoms with E-state index in [-0.39, 0.29) is 0 Å². The molecule has 156 valence electrons. The van der Waals surface area contributed by atoms with Crippen molar-refractivity contribution in [2.45, 2.75) is 40.2 Å². The van der Waals surface area contributed by atoms with Gasteiger partial charge in [-0.05, 0) is 57.0 Å². The second-order valence-corrected chi connectivity index (χ2v) is 7.48. The molecule has 0 fully saturated rings. The van der Waals surface area contributed by atoms with Crippen molar-refractivity contribution >= 4 is 29.2 Å². The van der Waals surface area contributed by atoms with Gasteiger partial charge in [-0.1, -0.05) is 36.7 Å². The highest BCUT2D eigenvalue weighted by Crippen LogP contribution is 2.24. The molecule has 1 atom stereocenters. The van der Waals surface area contributed by atoms with Crippen LogP contribution in [0.15, 0.2) is 42.5 Å². The van der Waals surface area contributed by atoms with Gasteiger partial charge in [0.15, 0.2) is 6.10 Å². The molecule has 0 saturated carbocycles. The highest BCUT2D eigenvalue weighted by molar-refractivity contribution is 6.31. The fourth-order valence-electron chi connectivity index (χ4n) is 2.92. The first-order valence-electron chi connectivity index (χ1n) is 9.70. The first-order chi connectivity index (χ1) is 14.3. The number of rotatable bonds is 6. The SMILES string of the molecule is CCC(OC(=O)c1ccc(-c2nc(C)c(C)[nH]2)cc1)C(=O)Nc1cccc(Cl)c1C. The number of aromatic nitrogens is 2. The number of hydrogen-bond donors (Lipinski definition) is 2. The van der Waals surface area contributed by atoms with Crippen LogP contribution >= 0.6 is 11.6 Å². The number of carbonyl (C=O) groups excluding carboxylic acids is 2. The summed E-state index contributed by atoms with van der Waals surface area (Å²) in [6, 6.07) is 12.2. The van der Waals surface area contributed by atoms with Crippen molar-refractivity contribution in [2.75, 3.05) is 5.32 Å². The first kappa shape index (κ1) is 21.6. The minimum absolute atomic E-state index is 0.347. The van der Waals surface area contributed by atoms with Gasteiger partial charge in [-0.25, -0.2) is 9.78 Å². The summed E-state index contributed by atoms with van der Waals surface area (Å²) >= 11 is 6.10. The molecule has 0 aliphatic carbocycles. The molecule has 0 bridgehead atoms. The molecule has 0 saturated heterocycles. The molecule has 0 aliphatic heterocycles. The molecule has 0 radical (unpaired) electrons. The number of aryl methyl sites for hydroxylation is 2. The Morgan fingerprint density at radius 3 is 2.43 bits per heavy atom. The van der Waals surface area contributed by atoms with Gasteiger partial charge in [0.05, 0.1) is 11.3 Å². The first-order valence-corrected chi connectivity index (χ1v) is 10.1. The maximum atomic E-state index is 12.6. The summed E-state index contributed by atoms with van der Waals surface area (Å²) in [5.41, 5.74) is 4.51. The van der Waals surface area contributed by atoms with Crippen molar-refractivity contribution in [3.8, 4) is 11.4 Å². The topological polar surface area (TPSA) is 84.1 Å². The summed E-state index contributed by atoms with van der Waals surface area (Å²) in [6.07, 6.45) is -0.564. The number of carbonyl (C=O) groups is 2. The van der Waals surface area contributed by atoms with E-state index >= 15 is 0 Å². The molecule has 1 unspecified atom stereocenters. The van der Waals surface area contributed by atoms with Crippen LogP contribution in [0.4, 0.5) is 5.69 Å². The lowest BCUT2D eigenvalue weighted by Crippen LogP contribution is -2.32. The van der Waals surface area contributed by atoms with Crippen LogP contribution in [0.1, 0.15) is 40.7 Å². The Bertz CT molecular complexity index is 1050. The molecule has 2 aromatic carbocycles. The highest BCUT2D eigenvalue weighted by Gasteiger charge is 2.23. The van der Waals surface area contributed by atoms with E-state index in [2.05, 4.69) is 15.3 Å². The number of H-pyrrole nitrogens is 1. The van der Waals surface area contributed by atoms with Gasteiger partial charge in [0.1, 0.15) is 5.82 Å². The van der Waals surface area contributed by atoms with Crippen LogP contribution in [-0.4, -0.2) is 27.9 Å². The van der Waals surface area contributed by atoms with Gasteiger partial charge in [0.2, 0.25) is 0 Å². The number of ether oxygens (including phenoxy) is 1. The molecule has 1 heterocycles. The van der Waals surface area contributed by atoms with Crippen LogP contribution in [0, 0.1) is 20.8 Å². The van der Waals surface area contributed by atoms with Crippen LogP contribution in [0.2, 0.25) is 5.02 Å². The molecule has 30 heavy (non-hydrogen) atoms. The van der Waals surface area contributed by atoms with Crippen LogP contribution in [0.5, 0.6) is 0 Å². The quantitative estimate of drug-likeness (QED) is 0.529. The maximum absolute atomic E-state index is 12.6. The van der Waals surface area contributed by atoms with Crippen molar-refractivity contribution in [3.63, 3.8) is 0 Å². The number of imidazole rings is 1. The Labute approximate surface area is 180 Å².